The second-order valence-electron chi connectivity index (χ2n) is 5.25. The summed E-state index contributed by atoms with van der Waals surface area (Å²) < 4.78 is 9.82. The summed E-state index contributed by atoms with van der Waals surface area (Å²) in [6.45, 7) is 0.528. The lowest BCUT2D eigenvalue weighted by Gasteiger charge is -2.26. The van der Waals surface area contributed by atoms with Crippen LogP contribution in [0.25, 0.3) is 0 Å². The van der Waals surface area contributed by atoms with Crippen LogP contribution < -0.4 is 5.32 Å². The third-order valence-electron chi connectivity index (χ3n) is 3.66. The van der Waals surface area contributed by atoms with Gasteiger partial charge in [0.05, 0.1) is 6.26 Å². The Kier molecular flexibility index (Phi) is 4.95. The number of nitrogens with zero attached hydrogens (tertiary/aromatic N) is 1. The minimum Gasteiger partial charge on any atom is -0.459 e. The van der Waals surface area contributed by atoms with Crippen molar-refractivity contribution in [2.75, 3.05) is 19.7 Å². The van der Waals surface area contributed by atoms with Crippen LogP contribution in [0.5, 0.6) is 0 Å². The lowest BCUT2D eigenvalue weighted by Crippen LogP contribution is -2.39. The minimum atomic E-state index is -0.670. The molecule has 2 aromatic rings. The number of hydrogen-bond acceptors (Lipinski definition) is 6. The zero-order chi connectivity index (χ0) is 16.9. The molecule has 0 unspecified atom stereocenters. The number of ether oxygens (including phenoxy) is 1. The first-order valence-electron chi connectivity index (χ1n) is 7.44. The van der Waals surface area contributed by atoms with E-state index in [-0.39, 0.29) is 24.8 Å². The van der Waals surface area contributed by atoms with E-state index < -0.39 is 11.9 Å². The minimum absolute atomic E-state index is 0.110. The van der Waals surface area contributed by atoms with Gasteiger partial charge in [-0.05, 0) is 35.6 Å². The fraction of sp³-hybridized carbons (Fsp3) is 0.312. The van der Waals surface area contributed by atoms with Crippen LogP contribution in [0.3, 0.4) is 0 Å². The number of esters is 1. The second kappa shape index (κ2) is 7.31. The Bertz CT molecular complexity index is 737. The van der Waals surface area contributed by atoms with Crippen LogP contribution in [0, 0.1) is 0 Å². The molecule has 0 atom stereocenters. The number of carbonyl (C=O) groups is 3. The average molecular weight is 348 g/mol. The van der Waals surface area contributed by atoms with E-state index in [1.54, 1.807) is 22.3 Å². The van der Waals surface area contributed by atoms with Gasteiger partial charge in [-0.3, -0.25) is 14.4 Å². The molecule has 0 fully saturated rings. The van der Waals surface area contributed by atoms with Crippen LogP contribution in [-0.4, -0.2) is 42.4 Å². The van der Waals surface area contributed by atoms with Crippen LogP contribution in [-0.2, 0) is 27.3 Å². The summed E-state index contributed by atoms with van der Waals surface area (Å²) in [6, 6.07) is 5.07. The molecule has 3 heterocycles. The third kappa shape index (κ3) is 3.83. The highest BCUT2D eigenvalue weighted by molar-refractivity contribution is 7.10. The summed E-state index contributed by atoms with van der Waals surface area (Å²) in [7, 11) is 0. The van der Waals surface area contributed by atoms with Crippen molar-refractivity contribution in [3.8, 4) is 0 Å². The fourth-order valence-corrected chi connectivity index (χ4v) is 3.28. The van der Waals surface area contributed by atoms with Gasteiger partial charge in [0, 0.05) is 18.0 Å². The maximum absolute atomic E-state index is 12.1. The second-order valence-corrected chi connectivity index (χ2v) is 6.26. The van der Waals surface area contributed by atoms with Gasteiger partial charge in [0.2, 0.25) is 0 Å². The first-order chi connectivity index (χ1) is 11.6. The van der Waals surface area contributed by atoms with E-state index >= 15 is 0 Å². The van der Waals surface area contributed by atoms with Gasteiger partial charge in [-0.25, -0.2) is 0 Å². The molecule has 1 aliphatic heterocycles. The van der Waals surface area contributed by atoms with Crippen molar-refractivity contribution in [2.45, 2.75) is 13.0 Å². The molecular formula is C16H16N2O5S. The van der Waals surface area contributed by atoms with E-state index in [2.05, 4.69) is 5.32 Å². The van der Waals surface area contributed by atoms with Gasteiger partial charge < -0.3 is 19.4 Å². The molecule has 0 aromatic carbocycles. The van der Waals surface area contributed by atoms with Crippen molar-refractivity contribution in [3.63, 3.8) is 0 Å². The Hall–Kier alpha value is -2.61. The summed E-state index contributed by atoms with van der Waals surface area (Å²) in [4.78, 5) is 38.3. The third-order valence-corrected chi connectivity index (χ3v) is 4.68. The Balaban J connectivity index is 1.40. The van der Waals surface area contributed by atoms with Crippen LogP contribution >= 0.6 is 11.3 Å². The summed E-state index contributed by atoms with van der Waals surface area (Å²) in [5, 5.41) is 4.38. The molecule has 0 saturated carbocycles. The highest BCUT2D eigenvalue weighted by Crippen LogP contribution is 2.23. The number of amides is 2. The summed E-state index contributed by atoms with van der Waals surface area (Å²) >= 11 is 1.69. The van der Waals surface area contributed by atoms with Gasteiger partial charge in [0.1, 0.15) is 6.54 Å². The molecule has 0 aliphatic carbocycles. The Morgan fingerprint density at radius 3 is 3.00 bits per heavy atom. The van der Waals surface area contributed by atoms with Crippen molar-refractivity contribution < 1.29 is 23.5 Å². The number of nitrogens with one attached hydrogen (secondary N) is 1. The van der Waals surface area contributed by atoms with Crippen molar-refractivity contribution in [3.05, 3.63) is 46.0 Å². The van der Waals surface area contributed by atoms with E-state index in [1.807, 2.05) is 11.4 Å². The quantitative estimate of drug-likeness (QED) is 0.820. The van der Waals surface area contributed by atoms with Gasteiger partial charge in [-0.2, -0.15) is 0 Å². The van der Waals surface area contributed by atoms with E-state index in [0.717, 1.165) is 12.0 Å². The monoisotopic (exact) mass is 348 g/mol. The van der Waals surface area contributed by atoms with E-state index in [9.17, 15) is 14.4 Å². The number of carbonyl (C=O) groups excluding carboxylic acids is 3. The van der Waals surface area contributed by atoms with Crippen LogP contribution in [0.15, 0.2) is 34.3 Å². The highest BCUT2D eigenvalue weighted by Gasteiger charge is 2.22. The molecule has 0 radical (unpaired) electrons. The van der Waals surface area contributed by atoms with Gasteiger partial charge in [-0.15, -0.1) is 11.3 Å². The van der Waals surface area contributed by atoms with Crippen LogP contribution in [0.4, 0.5) is 0 Å². The predicted molar refractivity (Wildman–Crippen MR) is 85.4 cm³/mol. The number of fused-ring (bicyclic) bond motifs is 1. The molecule has 8 heteroatoms. The van der Waals surface area contributed by atoms with Crippen molar-refractivity contribution in [2.24, 2.45) is 0 Å². The Morgan fingerprint density at radius 2 is 2.21 bits per heavy atom. The first-order valence-corrected chi connectivity index (χ1v) is 8.32. The summed E-state index contributed by atoms with van der Waals surface area (Å²) in [5.74, 6) is -1.31. The molecule has 24 heavy (non-hydrogen) atoms. The maximum atomic E-state index is 12.1. The molecule has 1 N–H and O–H groups in total. The molecule has 2 aromatic heterocycles. The zero-order valence-corrected chi connectivity index (χ0v) is 13.6. The molecule has 0 saturated heterocycles. The van der Waals surface area contributed by atoms with Crippen molar-refractivity contribution in [1.29, 1.82) is 0 Å². The molecule has 2 amide bonds. The largest absolute Gasteiger partial charge is 0.459 e. The smallest absolute Gasteiger partial charge is 0.325 e. The Labute approximate surface area is 142 Å². The fourth-order valence-electron chi connectivity index (χ4n) is 2.39. The van der Waals surface area contributed by atoms with Crippen molar-refractivity contribution in [1.82, 2.24) is 10.2 Å². The topological polar surface area (TPSA) is 88.9 Å². The lowest BCUT2D eigenvalue weighted by atomic mass is 10.1. The summed E-state index contributed by atoms with van der Waals surface area (Å²) in [5.41, 5.74) is 1.15. The van der Waals surface area contributed by atoms with Gasteiger partial charge in [-0.1, -0.05) is 0 Å². The highest BCUT2D eigenvalue weighted by atomic mass is 32.1. The van der Waals surface area contributed by atoms with Crippen molar-refractivity contribution >= 4 is 29.1 Å². The van der Waals surface area contributed by atoms with E-state index in [4.69, 9.17) is 9.15 Å². The molecule has 1 aliphatic rings. The standard InChI is InChI=1S/C16H16N2O5S/c19-14(18-5-3-13-11(9-18)4-7-24-13)10-23-15(20)8-17-16(21)12-2-1-6-22-12/h1-2,4,6-7H,3,5,8-10H2,(H,17,21). The summed E-state index contributed by atoms with van der Waals surface area (Å²) in [6.07, 6.45) is 2.19. The number of hydrogen-bond donors (Lipinski definition) is 1. The number of furan rings is 1. The van der Waals surface area contributed by atoms with Gasteiger partial charge >= 0.3 is 5.97 Å². The number of thiophene rings is 1. The maximum Gasteiger partial charge on any atom is 0.325 e. The van der Waals surface area contributed by atoms with E-state index in [0.29, 0.717) is 13.1 Å². The number of rotatable bonds is 5. The molecule has 3 rings (SSSR count). The van der Waals surface area contributed by atoms with Gasteiger partial charge in [0.25, 0.3) is 11.8 Å². The predicted octanol–water partition coefficient (Wildman–Crippen LogP) is 1.20. The average Bonchev–Trinajstić information content (AvgIpc) is 3.27. The first kappa shape index (κ1) is 16.3. The SMILES string of the molecule is O=C(CNC(=O)c1ccco1)OCC(=O)N1CCc2sccc2C1. The molecule has 0 bridgehead atoms. The normalized spacial score (nSPS) is 13.2. The van der Waals surface area contributed by atoms with Gasteiger partial charge in [0.15, 0.2) is 12.4 Å². The molecule has 0 spiro atoms. The van der Waals surface area contributed by atoms with Crippen LogP contribution in [0.1, 0.15) is 21.0 Å². The molecule has 7 nitrogen and oxygen atoms in total. The van der Waals surface area contributed by atoms with E-state index in [1.165, 1.54) is 17.2 Å². The van der Waals surface area contributed by atoms with Crippen LogP contribution in [0.2, 0.25) is 0 Å². The zero-order valence-electron chi connectivity index (χ0n) is 12.8. The molecular weight excluding hydrogens is 332 g/mol. The lowest BCUT2D eigenvalue weighted by molar-refractivity contribution is -0.151. The molecule has 126 valence electrons. The Morgan fingerprint density at radius 1 is 1.33 bits per heavy atom.